The molecule has 1 aromatic rings. The number of hydrogen-bond donors (Lipinski definition) is 3. The molecule has 0 radical (unpaired) electrons. The van der Waals surface area contributed by atoms with Crippen molar-refractivity contribution in [3.63, 3.8) is 0 Å². The van der Waals surface area contributed by atoms with E-state index in [0.717, 1.165) is 4.61 Å². The molecule has 0 amide bonds. The first-order valence-electron chi connectivity index (χ1n) is 7.03. The summed E-state index contributed by atoms with van der Waals surface area (Å²) in [5, 5.41) is 11.4. The molecule has 0 aliphatic carbocycles. The molecule has 6 nitrogen and oxygen atoms in total. The number of halogens is 2. The maximum Gasteiger partial charge on any atom is 0.341 e. The number of pyridine rings is 1. The van der Waals surface area contributed by atoms with Crippen LogP contribution in [0.2, 0.25) is 0 Å². The molecule has 0 fully saturated rings. The van der Waals surface area contributed by atoms with Gasteiger partial charge in [-0.25, -0.2) is 4.79 Å². The summed E-state index contributed by atoms with van der Waals surface area (Å²) < 4.78 is 0.769. The van der Waals surface area contributed by atoms with E-state index in [4.69, 9.17) is 0 Å². The number of aromatic nitrogens is 1. The first kappa shape index (κ1) is 18.2. The van der Waals surface area contributed by atoms with Gasteiger partial charge in [-0.15, -0.1) is 0 Å². The number of hydrogen-bond acceptors (Lipinski definition) is 4. The fourth-order valence-electron chi connectivity index (χ4n) is 2.70. The predicted molar refractivity (Wildman–Crippen MR) is 95.5 cm³/mol. The average molecular weight is 449 g/mol. The number of hydrazine groups is 1. The van der Waals surface area contributed by atoms with Crippen molar-refractivity contribution in [1.29, 1.82) is 0 Å². The number of nitrogens with one attached hydrogen (secondary N) is 2. The van der Waals surface area contributed by atoms with Gasteiger partial charge in [-0.3, -0.25) is 4.79 Å². The maximum absolute atomic E-state index is 12.1. The summed E-state index contributed by atoms with van der Waals surface area (Å²) in [5.74, 6) is -1.24. The van der Waals surface area contributed by atoms with Gasteiger partial charge in [-0.2, -0.15) is 5.01 Å². The number of carbonyl (C=O) groups is 1. The Labute approximate surface area is 151 Å². The van der Waals surface area contributed by atoms with E-state index in [-0.39, 0.29) is 10.5 Å². The van der Waals surface area contributed by atoms with Crippen LogP contribution in [0.4, 0.5) is 0 Å². The molecule has 0 saturated carbocycles. The first-order valence-corrected chi connectivity index (χ1v) is 8.74. The highest BCUT2D eigenvalue weighted by molar-refractivity contribution is 9.12. The lowest BCUT2D eigenvalue weighted by Gasteiger charge is -2.49. The third kappa shape index (κ3) is 2.99. The van der Waals surface area contributed by atoms with Crippen LogP contribution in [0.1, 0.15) is 43.7 Å². The van der Waals surface area contributed by atoms with E-state index in [9.17, 15) is 14.7 Å². The molecule has 0 aromatic carbocycles. The normalized spacial score (nSPS) is 21.5. The number of rotatable bonds is 3. The molecule has 1 aliphatic rings. The Morgan fingerprint density at radius 1 is 1.35 bits per heavy atom. The smallest absolute Gasteiger partial charge is 0.341 e. The van der Waals surface area contributed by atoms with Crippen molar-refractivity contribution in [2.24, 2.45) is 5.41 Å². The third-order valence-electron chi connectivity index (χ3n) is 4.36. The number of carboxylic acid groups (broad SMARTS) is 1. The van der Waals surface area contributed by atoms with Gasteiger partial charge in [0.15, 0.2) is 5.43 Å². The highest BCUT2D eigenvalue weighted by Crippen LogP contribution is 2.46. The number of aromatic amines is 1. The molecule has 1 aliphatic heterocycles. The molecule has 3 N–H and O–H groups in total. The molecular formula is C15H19Br2N3O3. The molecule has 2 rings (SSSR count). The molecule has 2 atom stereocenters. The number of H-pyrrole nitrogens is 1. The van der Waals surface area contributed by atoms with Gasteiger partial charge in [0.2, 0.25) is 0 Å². The van der Waals surface area contributed by atoms with Crippen molar-refractivity contribution >= 4 is 37.8 Å². The van der Waals surface area contributed by atoms with Crippen molar-refractivity contribution in [2.75, 3.05) is 0 Å². The van der Waals surface area contributed by atoms with Gasteiger partial charge in [0.05, 0.1) is 15.8 Å². The summed E-state index contributed by atoms with van der Waals surface area (Å²) in [5.41, 5.74) is 1.57. The Balaban J connectivity index is 2.75. The summed E-state index contributed by atoms with van der Waals surface area (Å²) in [6.45, 7) is 7.90. The summed E-state index contributed by atoms with van der Waals surface area (Å²) in [6, 6.07) is 1.23. The van der Waals surface area contributed by atoms with E-state index < -0.39 is 22.4 Å². The molecule has 2 heterocycles. The zero-order valence-corrected chi connectivity index (χ0v) is 16.4. The second-order valence-corrected chi connectivity index (χ2v) is 8.38. The second kappa shape index (κ2) is 6.07. The number of alkyl halides is 1. The summed E-state index contributed by atoms with van der Waals surface area (Å²) in [4.78, 5) is 26.6. The van der Waals surface area contributed by atoms with Crippen molar-refractivity contribution in [3.05, 3.63) is 44.4 Å². The monoisotopic (exact) mass is 447 g/mol. The topological polar surface area (TPSA) is 85.4 Å². The standard InChI is InChI=1S/C15H19Br2N3O3/c1-14(2,3)15(4,20-10(17)7-9(16)19-20)12-11(13(22)23)8(21)5-6-18-12/h5-7,10,19H,1-4H3,(H,18,21)(H,22,23). The fraction of sp³-hybridized carbons (Fsp3) is 0.467. The third-order valence-corrected chi connectivity index (χ3v) is 5.47. The molecule has 8 heteroatoms. The van der Waals surface area contributed by atoms with Gasteiger partial charge < -0.3 is 15.5 Å². The number of aromatic carboxylic acids is 1. The zero-order valence-electron chi connectivity index (χ0n) is 13.3. The van der Waals surface area contributed by atoms with Crippen molar-refractivity contribution < 1.29 is 9.90 Å². The van der Waals surface area contributed by atoms with E-state index in [1.807, 2.05) is 38.8 Å². The van der Waals surface area contributed by atoms with Gasteiger partial charge in [0.1, 0.15) is 10.5 Å². The zero-order chi connectivity index (χ0) is 17.6. The minimum Gasteiger partial charge on any atom is -0.477 e. The van der Waals surface area contributed by atoms with Crippen LogP contribution in [0.25, 0.3) is 0 Å². The van der Waals surface area contributed by atoms with Gasteiger partial charge in [0, 0.05) is 12.3 Å². The lowest BCUT2D eigenvalue weighted by Crippen LogP contribution is -2.58. The molecule has 23 heavy (non-hydrogen) atoms. The van der Waals surface area contributed by atoms with E-state index in [1.165, 1.54) is 12.3 Å². The molecule has 0 spiro atoms. The Kier molecular flexibility index (Phi) is 4.81. The van der Waals surface area contributed by atoms with E-state index in [1.54, 1.807) is 0 Å². The van der Waals surface area contributed by atoms with E-state index in [2.05, 4.69) is 42.3 Å². The first-order chi connectivity index (χ1) is 10.5. The highest BCUT2D eigenvalue weighted by atomic mass is 79.9. The molecule has 2 unspecified atom stereocenters. The minimum absolute atomic E-state index is 0.175. The van der Waals surface area contributed by atoms with Crippen LogP contribution in [0, 0.1) is 5.41 Å². The number of nitrogens with zero attached hydrogens (tertiary/aromatic N) is 1. The van der Waals surface area contributed by atoms with E-state index in [0.29, 0.717) is 5.69 Å². The van der Waals surface area contributed by atoms with Gasteiger partial charge >= 0.3 is 5.97 Å². The van der Waals surface area contributed by atoms with E-state index >= 15 is 0 Å². The SMILES string of the molecule is CC(C)(C)C(C)(c1[nH]ccc(=O)c1C(=O)O)N1NC(Br)=CC1Br. The largest absolute Gasteiger partial charge is 0.477 e. The summed E-state index contributed by atoms with van der Waals surface area (Å²) in [6.07, 6.45) is 3.39. The number of carboxylic acids is 1. The predicted octanol–water partition coefficient (Wildman–Crippen LogP) is 3.11. The Morgan fingerprint density at radius 3 is 2.39 bits per heavy atom. The van der Waals surface area contributed by atoms with Crippen molar-refractivity contribution in [2.45, 2.75) is 38.2 Å². The second-order valence-electron chi connectivity index (χ2n) is 6.59. The van der Waals surface area contributed by atoms with Crippen LogP contribution in [-0.2, 0) is 5.54 Å². The molecule has 0 bridgehead atoms. The van der Waals surface area contributed by atoms with Crippen molar-refractivity contribution in [1.82, 2.24) is 15.4 Å². The van der Waals surface area contributed by atoms with Gasteiger partial charge in [-0.1, -0.05) is 36.7 Å². The summed E-state index contributed by atoms with van der Waals surface area (Å²) >= 11 is 6.97. The molecule has 126 valence electrons. The van der Waals surface area contributed by atoms with Crippen LogP contribution in [0.5, 0.6) is 0 Å². The quantitative estimate of drug-likeness (QED) is 0.488. The van der Waals surface area contributed by atoms with Crippen LogP contribution in [0.3, 0.4) is 0 Å². The van der Waals surface area contributed by atoms with Gasteiger partial charge in [0.25, 0.3) is 0 Å². The fourth-order valence-corrected chi connectivity index (χ4v) is 4.27. The van der Waals surface area contributed by atoms with Crippen LogP contribution in [-0.4, -0.2) is 26.0 Å². The lowest BCUT2D eigenvalue weighted by atomic mass is 9.71. The summed E-state index contributed by atoms with van der Waals surface area (Å²) in [7, 11) is 0. The van der Waals surface area contributed by atoms with Crippen LogP contribution >= 0.6 is 31.9 Å². The molecular weight excluding hydrogens is 430 g/mol. The Hall–Kier alpha value is -1.12. The van der Waals surface area contributed by atoms with Gasteiger partial charge in [-0.05, 0) is 34.3 Å². The maximum atomic E-state index is 12.1. The highest BCUT2D eigenvalue weighted by Gasteiger charge is 2.50. The van der Waals surface area contributed by atoms with Crippen molar-refractivity contribution in [3.8, 4) is 0 Å². The van der Waals surface area contributed by atoms with Crippen LogP contribution < -0.4 is 10.9 Å². The average Bonchev–Trinajstić information content (AvgIpc) is 2.75. The van der Waals surface area contributed by atoms with Crippen LogP contribution in [0.15, 0.2) is 27.7 Å². The molecule has 0 saturated heterocycles. The Morgan fingerprint density at radius 2 is 1.96 bits per heavy atom. The minimum atomic E-state index is -1.24. The lowest BCUT2D eigenvalue weighted by molar-refractivity contribution is -0.0202. The molecule has 1 aromatic heterocycles. The Bertz CT molecular complexity index is 723.